The number of allylic oxidation sites excluding steroid dienone is 1. The Morgan fingerprint density at radius 1 is 0.373 bits per heavy atom. The van der Waals surface area contributed by atoms with Crippen molar-refractivity contribution in [3.05, 3.63) is 204 Å². The normalized spacial score (nSPS) is 15.9. The molecule has 12 aromatic rings. The number of furan rings is 2. The standard InChI is InChI=1S/C70H64N2O2.C9H16/c1-43(2)53-19-11-21-55-57-23-13-25-63(69(57)73-67(53)55)71(51-35-27-47(28-36-51)45-15-7-5-8-16-45)61-41-33-49-32-40-60-62(42-34-50-31-39-59(61)65(49)66(50)60)72(52-37-29-48(30-38-52)46-17-9-6-10-18-46)64-26-14-24-58-56-22-12-20-54(44(3)4)68(56)74-70(58)64;1-8(2)9-6-4-3-5-7-9/h11-14,19-46H,5-10,15-18H2,1-4H3;9H,1,3-7H2,2H3. The van der Waals surface area contributed by atoms with Gasteiger partial charge in [-0.3, -0.25) is 0 Å². The van der Waals surface area contributed by atoms with Crippen molar-refractivity contribution in [2.45, 2.75) is 155 Å². The smallest absolute Gasteiger partial charge is 0.159 e. The fourth-order valence-electron chi connectivity index (χ4n) is 15.2. The summed E-state index contributed by atoms with van der Waals surface area (Å²) in [7, 11) is 0. The van der Waals surface area contributed by atoms with Gasteiger partial charge in [-0.25, -0.2) is 0 Å². The molecule has 0 saturated heterocycles. The first-order chi connectivity index (χ1) is 40.7. The maximum absolute atomic E-state index is 7.12. The van der Waals surface area contributed by atoms with Crippen LogP contribution in [0, 0.1) is 5.92 Å². The average molecular weight is 1090 g/mol. The van der Waals surface area contributed by atoms with Gasteiger partial charge in [-0.2, -0.15) is 0 Å². The Bertz CT molecular complexity index is 4040. The van der Waals surface area contributed by atoms with Gasteiger partial charge >= 0.3 is 0 Å². The molecule has 0 unspecified atom stereocenters. The predicted octanol–water partition coefficient (Wildman–Crippen LogP) is 24.8. The van der Waals surface area contributed by atoms with Crippen LogP contribution < -0.4 is 9.80 Å². The van der Waals surface area contributed by atoms with Crippen LogP contribution >= 0.6 is 0 Å². The monoisotopic (exact) mass is 1090 g/mol. The molecule has 15 rings (SSSR count). The highest BCUT2D eigenvalue weighted by atomic mass is 16.3. The molecule has 0 bridgehead atoms. The number of hydrogen-bond donors (Lipinski definition) is 0. The molecule has 3 aliphatic carbocycles. The van der Waals surface area contributed by atoms with Gasteiger partial charge in [-0.15, -0.1) is 0 Å². The number of hydrogen-bond acceptors (Lipinski definition) is 4. The number of nitrogens with zero attached hydrogens (tertiary/aromatic N) is 2. The number of rotatable bonds is 11. The number of anilines is 6. The average Bonchev–Trinajstić information content (AvgIpc) is 2.98. The van der Waals surface area contributed by atoms with Crippen LogP contribution in [0.15, 0.2) is 191 Å². The molecule has 3 aliphatic rings. The van der Waals surface area contributed by atoms with E-state index in [4.69, 9.17) is 8.83 Å². The summed E-state index contributed by atoms with van der Waals surface area (Å²) in [6.45, 7) is 15.2. The minimum Gasteiger partial charge on any atom is -0.454 e. The molecule has 0 radical (unpaired) electrons. The molecule has 3 saturated carbocycles. The van der Waals surface area contributed by atoms with Gasteiger partial charge in [0.15, 0.2) is 11.2 Å². The summed E-state index contributed by atoms with van der Waals surface area (Å²) in [6.07, 6.45) is 20.1. The van der Waals surface area contributed by atoms with Gasteiger partial charge < -0.3 is 18.6 Å². The fraction of sp³-hybridized carbons (Fsp3) is 0.316. The van der Waals surface area contributed by atoms with E-state index in [-0.39, 0.29) is 0 Å². The summed E-state index contributed by atoms with van der Waals surface area (Å²) in [6, 6.07) is 64.5. The van der Waals surface area contributed by atoms with Crippen molar-refractivity contribution in [3.63, 3.8) is 0 Å². The molecule has 3 fully saturated rings. The highest BCUT2D eigenvalue weighted by molar-refractivity contribution is 6.29. The van der Waals surface area contributed by atoms with Crippen LogP contribution in [0.4, 0.5) is 34.1 Å². The SMILES string of the molecule is C=C(C)C1CCCCC1.CC(C)c1cccc2c1oc1c(N(c3ccc(C4CCCCC4)cc3)c3ccc4ccc5c(N(c6ccc(C7CCCCC7)cc6)c6cccc7c6oc6c(C(C)C)cccc67)ccc6ccc3c4c65)cccc12. The summed E-state index contributed by atoms with van der Waals surface area (Å²) >= 11 is 0. The Morgan fingerprint density at radius 2 is 0.735 bits per heavy atom. The third kappa shape index (κ3) is 9.64. The molecule has 0 spiro atoms. The van der Waals surface area contributed by atoms with Crippen LogP contribution in [0.3, 0.4) is 0 Å². The topological polar surface area (TPSA) is 32.8 Å². The second-order valence-electron chi connectivity index (χ2n) is 25.6. The lowest BCUT2D eigenvalue weighted by atomic mass is 9.84. The third-order valence-corrected chi connectivity index (χ3v) is 19.7. The first-order valence-corrected chi connectivity index (χ1v) is 31.7. The summed E-state index contributed by atoms with van der Waals surface area (Å²) in [4.78, 5) is 4.95. The van der Waals surface area contributed by atoms with E-state index in [0.29, 0.717) is 23.7 Å². The minimum atomic E-state index is 0.329. The number of benzene rings is 10. The molecular weight excluding hydrogens is 1010 g/mol. The van der Waals surface area contributed by atoms with E-state index in [2.05, 4.69) is 221 Å². The summed E-state index contributed by atoms with van der Waals surface area (Å²) < 4.78 is 14.2. The molecule has 0 atom stereocenters. The van der Waals surface area contributed by atoms with E-state index in [0.717, 1.165) is 83.9 Å². The lowest BCUT2D eigenvalue weighted by molar-refractivity contribution is 0.404. The van der Waals surface area contributed by atoms with Crippen LogP contribution in [-0.4, -0.2) is 0 Å². The molecule has 2 heterocycles. The van der Waals surface area contributed by atoms with Crippen molar-refractivity contribution < 1.29 is 8.83 Å². The van der Waals surface area contributed by atoms with E-state index >= 15 is 0 Å². The zero-order valence-corrected chi connectivity index (χ0v) is 49.6. The second-order valence-corrected chi connectivity index (χ2v) is 25.6. The Labute approximate surface area is 491 Å². The molecular formula is C79H80N2O2. The highest BCUT2D eigenvalue weighted by Crippen LogP contribution is 2.52. The van der Waals surface area contributed by atoms with Crippen molar-refractivity contribution in [1.82, 2.24) is 0 Å². The molecule has 4 heteroatoms. The van der Waals surface area contributed by atoms with Crippen molar-refractivity contribution in [1.29, 1.82) is 0 Å². The number of fused-ring (bicyclic) bond motifs is 6. The molecule has 83 heavy (non-hydrogen) atoms. The first-order valence-electron chi connectivity index (χ1n) is 31.7. The summed E-state index contributed by atoms with van der Waals surface area (Å²) in [5.74, 6) is 2.76. The van der Waals surface area contributed by atoms with E-state index in [9.17, 15) is 0 Å². The summed E-state index contributed by atoms with van der Waals surface area (Å²) in [5, 5.41) is 12.0. The highest BCUT2D eigenvalue weighted by Gasteiger charge is 2.28. The van der Waals surface area contributed by atoms with Crippen LogP contribution in [0.25, 0.3) is 76.2 Å². The Kier molecular flexibility index (Phi) is 14.4. The van der Waals surface area contributed by atoms with E-state index in [1.165, 1.54) is 156 Å². The van der Waals surface area contributed by atoms with Crippen LogP contribution in [-0.2, 0) is 0 Å². The van der Waals surface area contributed by atoms with Crippen LogP contribution in [0.2, 0.25) is 0 Å². The lowest BCUT2D eigenvalue weighted by Crippen LogP contribution is -2.12. The molecule has 4 nitrogen and oxygen atoms in total. The van der Waals surface area contributed by atoms with Gasteiger partial charge in [0.2, 0.25) is 0 Å². The molecule has 2 aromatic heterocycles. The van der Waals surface area contributed by atoms with Crippen molar-refractivity contribution in [2.75, 3.05) is 9.80 Å². The summed E-state index contributed by atoms with van der Waals surface area (Å²) in [5.41, 5.74) is 17.1. The van der Waals surface area contributed by atoms with E-state index < -0.39 is 0 Å². The molecule has 0 N–H and O–H groups in total. The van der Waals surface area contributed by atoms with Crippen molar-refractivity contribution in [2.24, 2.45) is 5.92 Å². The first kappa shape index (κ1) is 53.2. The van der Waals surface area contributed by atoms with Gasteiger partial charge in [0, 0.05) is 43.7 Å². The molecule has 418 valence electrons. The molecule has 10 aromatic carbocycles. The molecule has 0 aliphatic heterocycles. The zero-order chi connectivity index (χ0) is 56.3. The van der Waals surface area contributed by atoms with Crippen LogP contribution in [0.5, 0.6) is 0 Å². The Morgan fingerprint density at radius 3 is 1.11 bits per heavy atom. The number of para-hydroxylation sites is 4. The van der Waals surface area contributed by atoms with Gasteiger partial charge in [0.05, 0.1) is 22.7 Å². The third-order valence-electron chi connectivity index (χ3n) is 19.7. The zero-order valence-electron chi connectivity index (χ0n) is 49.6. The predicted molar refractivity (Wildman–Crippen MR) is 355 cm³/mol. The van der Waals surface area contributed by atoms with Gasteiger partial charge in [-0.1, -0.05) is 219 Å². The fourth-order valence-corrected chi connectivity index (χ4v) is 15.2. The Balaban J connectivity index is 0.000000626. The van der Waals surface area contributed by atoms with E-state index in [1.807, 2.05) is 0 Å². The molecule has 0 amide bonds. The van der Waals surface area contributed by atoms with Gasteiger partial charge in [-0.05, 0) is 167 Å². The lowest BCUT2D eigenvalue weighted by Gasteiger charge is -2.30. The van der Waals surface area contributed by atoms with Gasteiger partial charge in [0.1, 0.15) is 11.2 Å². The quantitative estimate of drug-likeness (QED) is 0.0955. The maximum atomic E-state index is 7.12. The van der Waals surface area contributed by atoms with Crippen molar-refractivity contribution in [3.8, 4) is 0 Å². The maximum Gasteiger partial charge on any atom is 0.159 e. The van der Waals surface area contributed by atoms with Gasteiger partial charge in [0.25, 0.3) is 0 Å². The Hall–Kier alpha value is -7.82. The van der Waals surface area contributed by atoms with E-state index in [1.54, 1.807) is 0 Å². The largest absolute Gasteiger partial charge is 0.454 e. The minimum absolute atomic E-state index is 0.329. The van der Waals surface area contributed by atoms with Crippen molar-refractivity contribution >= 4 is 110 Å². The second kappa shape index (κ2) is 22.4. The van der Waals surface area contributed by atoms with Crippen LogP contribution in [0.1, 0.15) is 177 Å².